The summed E-state index contributed by atoms with van der Waals surface area (Å²) >= 11 is 0. The molecular formula is C12H21NO4. The third-order valence-electron chi connectivity index (χ3n) is 1.99. The van der Waals surface area contributed by atoms with Crippen LogP contribution >= 0.6 is 0 Å². The van der Waals surface area contributed by atoms with Crippen LogP contribution in [-0.4, -0.2) is 28.8 Å². The number of hydrogen-bond acceptors (Lipinski definition) is 3. The Balaban J connectivity index is 4.63. The van der Waals surface area contributed by atoms with Crippen LogP contribution in [0.5, 0.6) is 0 Å². The minimum atomic E-state index is -1.13. The first kappa shape index (κ1) is 15.5. The van der Waals surface area contributed by atoms with Crippen molar-refractivity contribution in [3.05, 3.63) is 12.2 Å². The van der Waals surface area contributed by atoms with Crippen LogP contribution in [0.1, 0.15) is 34.6 Å². The third kappa shape index (κ3) is 5.94. The standard InChI is InChI=1S/C12H21NO4/c1-7(2)9(8(3)10(14)15)13-11(16)17-12(4,5)6/h7,9H,3H2,1-2,4-6H3,(H,13,16)(H,14,15). The van der Waals surface area contributed by atoms with Gasteiger partial charge in [-0.2, -0.15) is 0 Å². The third-order valence-corrected chi connectivity index (χ3v) is 1.99. The van der Waals surface area contributed by atoms with Gasteiger partial charge >= 0.3 is 12.1 Å². The number of carbonyl (C=O) groups is 2. The van der Waals surface area contributed by atoms with E-state index in [0.29, 0.717) is 0 Å². The lowest BCUT2D eigenvalue weighted by Gasteiger charge is -2.25. The van der Waals surface area contributed by atoms with Gasteiger partial charge in [-0.1, -0.05) is 20.4 Å². The number of alkyl carbamates (subject to hydrolysis) is 1. The SMILES string of the molecule is C=C(C(=O)O)C(NC(=O)OC(C)(C)C)C(C)C. The molecule has 0 aromatic carbocycles. The van der Waals surface area contributed by atoms with Crippen LogP contribution in [0, 0.1) is 5.92 Å². The van der Waals surface area contributed by atoms with Gasteiger partial charge in [0.1, 0.15) is 5.60 Å². The molecule has 0 radical (unpaired) electrons. The quantitative estimate of drug-likeness (QED) is 0.742. The van der Waals surface area contributed by atoms with Crippen molar-refractivity contribution in [3.63, 3.8) is 0 Å². The molecule has 0 aromatic rings. The maximum Gasteiger partial charge on any atom is 0.408 e. The van der Waals surface area contributed by atoms with Crippen molar-refractivity contribution in [2.24, 2.45) is 5.92 Å². The molecular weight excluding hydrogens is 222 g/mol. The Hall–Kier alpha value is -1.52. The minimum absolute atomic E-state index is 0.0501. The molecule has 2 N–H and O–H groups in total. The lowest BCUT2D eigenvalue weighted by Crippen LogP contribution is -2.44. The number of nitrogens with one attached hydrogen (secondary N) is 1. The van der Waals surface area contributed by atoms with Crippen molar-refractivity contribution in [2.45, 2.75) is 46.3 Å². The molecule has 0 heterocycles. The van der Waals surface area contributed by atoms with E-state index in [9.17, 15) is 9.59 Å². The molecule has 0 fully saturated rings. The topological polar surface area (TPSA) is 75.6 Å². The van der Waals surface area contributed by atoms with E-state index in [1.54, 1.807) is 34.6 Å². The van der Waals surface area contributed by atoms with E-state index < -0.39 is 23.7 Å². The summed E-state index contributed by atoms with van der Waals surface area (Å²) < 4.78 is 5.06. The number of hydrogen-bond donors (Lipinski definition) is 2. The molecule has 0 saturated heterocycles. The van der Waals surface area contributed by atoms with Gasteiger partial charge in [-0.15, -0.1) is 0 Å². The second-order valence-electron chi connectivity index (χ2n) is 5.20. The molecule has 0 saturated carbocycles. The van der Waals surface area contributed by atoms with Crippen molar-refractivity contribution in [3.8, 4) is 0 Å². The summed E-state index contributed by atoms with van der Waals surface area (Å²) in [4.78, 5) is 22.4. The number of carboxylic acids is 1. The average Bonchev–Trinajstić information content (AvgIpc) is 2.09. The van der Waals surface area contributed by atoms with Crippen LogP contribution in [0.3, 0.4) is 0 Å². The van der Waals surface area contributed by atoms with Crippen LogP contribution in [0.15, 0.2) is 12.2 Å². The number of rotatable bonds is 4. The molecule has 0 bridgehead atoms. The Labute approximate surface area is 102 Å². The molecule has 1 atom stereocenters. The van der Waals surface area contributed by atoms with Crippen molar-refractivity contribution < 1.29 is 19.4 Å². The highest BCUT2D eigenvalue weighted by atomic mass is 16.6. The highest BCUT2D eigenvalue weighted by molar-refractivity contribution is 5.88. The van der Waals surface area contributed by atoms with Gasteiger partial charge in [0.25, 0.3) is 0 Å². The Morgan fingerprint density at radius 1 is 1.29 bits per heavy atom. The van der Waals surface area contributed by atoms with E-state index in [2.05, 4.69) is 11.9 Å². The number of carboxylic acid groups (broad SMARTS) is 1. The van der Waals surface area contributed by atoms with Crippen molar-refractivity contribution in [1.29, 1.82) is 0 Å². The minimum Gasteiger partial charge on any atom is -0.478 e. The van der Waals surface area contributed by atoms with E-state index in [1.807, 2.05) is 0 Å². The predicted molar refractivity (Wildman–Crippen MR) is 64.8 cm³/mol. The fourth-order valence-electron chi connectivity index (χ4n) is 1.22. The molecule has 0 aromatic heterocycles. The first-order valence-corrected chi connectivity index (χ1v) is 5.46. The van der Waals surface area contributed by atoms with Crippen molar-refractivity contribution in [1.82, 2.24) is 5.32 Å². The van der Waals surface area contributed by atoms with Gasteiger partial charge < -0.3 is 15.2 Å². The van der Waals surface area contributed by atoms with Gasteiger partial charge in [-0.3, -0.25) is 0 Å². The van der Waals surface area contributed by atoms with Crippen LogP contribution in [0.4, 0.5) is 4.79 Å². The van der Waals surface area contributed by atoms with E-state index in [-0.39, 0.29) is 11.5 Å². The number of ether oxygens (including phenoxy) is 1. The first-order valence-electron chi connectivity index (χ1n) is 5.46. The van der Waals surface area contributed by atoms with Crippen molar-refractivity contribution in [2.75, 3.05) is 0 Å². The Bertz CT molecular complexity index is 315. The van der Waals surface area contributed by atoms with E-state index >= 15 is 0 Å². The highest BCUT2D eigenvalue weighted by Gasteiger charge is 2.26. The van der Waals surface area contributed by atoms with E-state index in [0.717, 1.165) is 0 Å². The molecule has 0 aliphatic heterocycles. The second-order valence-corrected chi connectivity index (χ2v) is 5.20. The molecule has 0 spiro atoms. The average molecular weight is 243 g/mol. The molecule has 0 aliphatic carbocycles. The summed E-state index contributed by atoms with van der Waals surface area (Å²) in [5, 5.41) is 11.4. The van der Waals surface area contributed by atoms with Gasteiger partial charge in [-0.25, -0.2) is 9.59 Å². The number of amides is 1. The van der Waals surface area contributed by atoms with Crippen LogP contribution in [-0.2, 0) is 9.53 Å². The predicted octanol–water partition coefficient (Wildman–Crippen LogP) is 2.18. The molecule has 1 amide bonds. The van der Waals surface area contributed by atoms with Crippen molar-refractivity contribution >= 4 is 12.1 Å². The second kappa shape index (κ2) is 5.70. The lowest BCUT2D eigenvalue weighted by molar-refractivity contribution is -0.133. The smallest absolute Gasteiger partial charge is 0.408 e. The summed E-state index contributed by atoms with van der Waals surface area (Å²) in [6, 6.07) is -0.637. The van der Waals surface area contributed by atoms with E-state index in [1.165, 1.54) is 0 Å². The van der Waals surface area contributed by atoms with Gasteiger partial charge in [0.05, 0.1) is 11.6 Å². The summed E-state index contributed by atoms with van der Waals surface area (Å²) in [5.74, 6) is -1.20. The van der Waals surface area contributed by atoms with E-state index in [4.69, 9.17) is 9.84 Å². The number of aliphatic carboxylic acids is 1. The molecule has 0 aliphatic rings. The summed E-state index contributed by atoms with van der Waals surface area (Å²) in [6.07, 6.45) is -0.640. The molecule has 0 rings (SSSR count). The first-order chi connectivity index (χ1) is 7.54. The fourth-order valence-corrected chi connectivity index (χ4v) is 1.22. The zero-order valence-corrected chi connectivity index (χ0v) is 11.0. The summed E-state index contributed by atoms with van der Waals surface area (Å²) in [7, 11) is 0. The largest absolute Gasteiger partial charge is 0.478 e. The summed E-state index contributed by atoms with van der Waals surface area (Å²) in [6.45, 7) is 12.3. The zero-order valence-electron chi connectivity index (χ0n) is 11.0. The number of carbonyl (C=O) groups excluding carboxylic acids is 1. The van der Waals surface area contributed by atoms with Crippen LogP contribution in [0.25, 0.3) is 0 Å². The molecule has 1 unspecified atom stereocenters. The Kier molecular flexibility index (Phi) is 5.19. The highest BCUT2D eigenvalue weighted by Crippen LogP contribution is 2.13. The maximum absolute atomic E-state index is 11.5. The zero-order chi connectivity index (χ0) is 13.8. The van der Waals surface area contributed by atoms with Gasteiger partial charge in [0, 0.05) is 0 Å². The van der Waals surface area contributed by atoms with Gasteiger partial charge in [-0.05, 0) is 26.7 Å². The molecule has 5 nitrogen and oxygen atoms in total. The fraction of sp³-hybridized carbons (Fsp3) is 0.667. The Morgan fingerprint density at radius 3 is 2.06 bits per heavy atom. The molecule has 17 heavy (non-hydrogen) atoms. The van der Waals surface area contributed by atoms with Crippen LogP contribution < -0.4 is 5.32 Å². The molecule has 5 heteroatoms. The normalized spacial score (nSPS) is 13.1. The van der Waals surface area contributed by atoms with Gasteiger partial charge in [0.15, 0.2) is 0 Å². The lowest BCUT2D eigenvalue weighted by atomic mass is 9.97. The van der Waals surface area contributed by atoms with Crippen LogP contribution in [0.2, 0.25) is 0 Å². The Morgan fingerprint density at radius 2 is 1.76 bits per heavy atom. The maximum atomic E-state index is 11.5. The molecule has 98 valence electrons. The van der Waals surface area contributed by atoms with Gasteiger partial charge in [0.2, 0.25) is 0 Å². The monoisotopic (exact) mass is 243 g/mol. The summed E-state index contributed by atoms with van der Waals surface area (Å²) in [5.41, 5.74) is -0.665.